The fourth-order valence-electron chi connectivity index (χ4n) is 2.42. The Bertz CT molecular complexity index is 564. The van der Waals surface area contributed by atoms with Crippen molar-refractivity contribution < 1.29 is 60.9 Å². The molecule has 0 aliphatic carbocycles. The van der Waals surface area contributed by atoms with Crippen LogP contribution in [-0.2, 0) is 9.47 Å². The van der Waals surface area contributed by atoms with Gasteiger partial charge in [0.15, 0.2) is 0 Å². The third-order valence-electron chi connectivity index (χ3n) is 3.85. The first kappa shape index (κ1) is 25.5. The zero-order chi connectivity index (χ0) is 17.8. The number of hydrogen-bond donors (Lipinski definition) is 0. The van der Waals surface area contributed by atoms with Crippen molar-refractivity contribution in [1.29, 1.82) is 0 Å². The Labute approximate surface area is 216 Å². The van der Waals surface area contributed by atoms with Crippen LogP contribution >= 0.6 is 4.20 Å². The molecule has 2 aromatic rings. The summed E-state index contributed by atoms with van der Waals surface area (Å²) < 4.78 is 8.49. The van der Waals surface area contributed by atoms with E-state index in [1.807, 2.05) is 0 Å². The average molecular weight is 526 g/mol. The summed E-state index contributed by atoms with van der Waals surface area (Å²) in [5, 5.41) is 2.72. The average Bonchev–Trinajstić information content (AvgIpc) is 3.41. The van der Waals surface area contributed by atoms with Crippen molar-refractivity contribution in [2.75, 3.05) is 26.4 Å². The van der Waals surface area contributed by atoms with Gasteiger partial charge >= 0.3 is 158 Å². The first-order chi connectivity index (χ1) is 12.2. The fourth-order valence-corrected chi connectivity index (χ4v) is 6.91. The Hall–Kier alpha value is 1.47. The second-order valence-electron chi connectivity index (χ2n) is 5.86. The van der Waals surface area contributed by atoms with Crippen LogP contribution in [0.1, 0.15) is 25.7 Å². The van der Waals surface area contributed by atoms with E-state index in [0.717, 1.165) is 26.4 Å². The number of ether oxygens (including phenoxy) is 2. The van der Waals surface area contributed by atoms with Gasteiger partial charge in [-0.05, 0) is 25.7 Å². The van der Waals surface area contributed by atoms with Crippen LogP contribution in [-0.4, -0.2) is 57.1 Å². The first-order valence-electron chi connectivity index (χ1n) is 8.79. The number of hydrogen-bond acceptors (Lipinski definition) is 2. The van der Waals surface area contributed by atoms with Crippen LogP contribution in [0.5, 0.6) is 0 Å². The summed E-state index contributed by atoms with van der Waals surface area (Å²) in [6.45, 7) is 4.00. The van der Waals surface area contributed by atoms with E-state index < -0.39 is 4.20 Å². The molecule has 0 unspecified atom stereocenters. The van der Waals surface area contributed by atoms with E-state index in [-0.39, 0.29) is 51.4 Å². The van der Waals surface area contributed by atoms with Gasteiger partial charge in [0, 0.05) is 26.4 Å². The van der Waals surface area contributed by atoms with Gasteiger partial charge in [-0.1, -0.05) is 0 Å². The van der Waals surface area contributed by atoms with Gasteiger partial charge in [-0.3, -0.25) is 0 Å². The molecule has 2 aromatic carbocycles. The van der Waals surface area contributed by atoms with E-state index in [4.69, 9.17) is 9.47 Å². The quantitative estimate of drug-likeness (QED) is 0.418. The van der Waals surface area contributed by atoms with Gasteiger partial charge in [-0.2, -0.15) is 0 Å². The van der Waals surface area contributed by atoms with Crippen LogP contribution in [0.2, 0.25) is 0 Å². The van der Waals surface area contributed by atoms with E-state index >= 15 is 0 Å². The van der Waals surface area contributed by atoms with Gasteiger partial charge in [0.05, 0.1) is 0 Å². The van der Waals surface area contributed by atoms with Gasteiger partial charge in [0.2, 0.25) is 0 Å². The zero-order valence-corrected chi connectivity index (χ0v) is 23.0. The van der Waals surface area contributed by atoms with Crippen molar-refractivity contribution in [1.82, 2.24) is 0 Å². The minimum atomic E-state index is -1.40. The second-order valence-corrected chi connectivity index (χ2v) is 18.4. The van der Waals surface area contributed by atoms with Crippen LogP contribution in [0.4, 0.5) is 0 Å². The molecule has 2 heterocycles. The molecule has 2 aliphatic heterocycles. The van der Waals surface area contributed by atoms with E-state index in [9.17, 15) is 0 Å². The maximum atomic E-state index is 4.94. The Morgan fingerprint density at radius 3 is 1.19 bits per heavy atom. The second kappa shape index (κ2) is 15.3. The summed E-state index contributed by atoms with van der Waals surface area (Å²) in [7, 11) is 0. The summed E-state index contributed by atoms with van der Waals surface area (Å²) in [4.78, 5) is 0. The summed E-state index contributed by atoms with van der Waals surface area (Å²) in [5.41, 5.74) is 0. The molecule has 2 aliphatic rings. The molecule has 0 N–H and O–H groups in total. The molecule has 2 nitrogen and oxygen atoms in total. The summed E-state index contributed by atoms with van der Waals surface area (Å²) >= 11 is 6.68. The van der Waals surface area contributed by atoms with Crippen LogP contribution < -0.4 is 62.0 Å². The molecular formula is C20H26KO2PSe2. The van der Waals surface area contributed by atoms with Gasteiger partial charge in [-0.15, -0.1) is 0 Å². The molecule has 0 spiro atoms. The molecule has 0 bridgehead atoms. The van der Waals surface area contributed by atoms with Crippen molar-refractivity contribution in [2.24, 2.45) is 0 Å². The summed E-state index contributed by atoms with van der Waals surface area (Å²) in [6, 6.07) is 21.1. The Morgan fingerprint density at radius 1 is 0.654 bits per heavy atom. The molecule has 136 valence electrons. The van der Waals surface area contributed by atoms with Crippen molar-refractivity contribution in [2.45, 2.75) is 25.7 Å². The van der Waals surface area contributed by atoms with Gasteiger partial charge in [0.25, 0.3) is 0 Å². The Balaban J connectivity index is 0.000000251. The zero-order valence-electron chi connectivity index (χ0n) is 15.5. The maximum absolute atomic E-state index is 4.94. The number of benzene rings is 2. The minimum absolute atomic E-state index is 0. The van der Waals surface area contributed by atoms with Crippen molar-refractivity contribution in [3.8, 4) is 0 Å². The van der Waals surface area contributed by atoms with Crippen molar-refractivity contribution in [3.63, 3.8) is 0 Å². The van der Waals surface area contributed by atoms with Crippen LogP contribution in [0, 0.1) is 0 Å². The monoisotopic (exact) mass is 528 g/mol. The molecule has 4 rings (SSSR count). The van der Waals surface area contributed by atoms with E-state index in [1.165, 1.54) is 36.3 Å². The molecule has 0 atom stereocenters. The summed E-state index contributed by atoms with van der Waals surface area (Å²) in [6.07, 6.45) is 5.11. The SMILES string of the molecule is C1CCOC1.C1CCOC1.[K+].[Se]=P([Se-])(c1ccccc1)c1ccccc1. The van der Waals surface area contributed by atoms with E-state index in [2.05, 4.69) is 91.3 Å². The Kier molecular flexibility index (Phi) is 15.0. The standard InChI is InChI=1S/C12H11PSe2.2C4H8O.K/c14-13(15,11-7-3-1-4-8-11)12-9-5-2-6-10-12;2*1-2-4-5-3-1;/h1-10H,(H,14,15);2*1-4H2;/q;;;+1/p-1. The third kappa shape index (κ3) is 9.79. The van der Waals surface area contributed by atoms with Crippen LogP contribution in [0.25, 0.3) is 0 Å². The molecule has 6 heteroatoms. The van der Waals surface area contributed by atoms with Gasteiger partial charge in [0.1, 0.15) is 0 Å². The van der Waals surface area contributed by atoms with Crippen LogP contribution in [0.3, 0.4) is 0 Å². The van der Waals surface area contributed by atoms with Crippen molar-refractivity contribution in [3.05, 3.63) is 60.7 Å². The molecular weight excluding hydrogens is 500 g/mol. The predicted molar refractivity (Wildman–Crippen MR) is 111 cm³/mol. The third-order valence-corrected chi connectivity index (χ3v) is 11.1. The Morgan fingerprint density at radius 2 is 0.962 bits per heavy atom. The molecule has 0 saturated carbocycles. The molecule has 2 saturated heterocycles. The topological polar surface area (TPSA) is 18.5 Å². The molecule has 0 radical (unpaired) electrons. The first-order valence-corrected chi connectivity index (χ1v) is 15.0. The molecule has 0 amide bonds. The molecule has 0 aromatic heterocycles. The van der Waals surface area contributed by atoms with Crippen molar-refractivity contribution >= 4 is 45.5 Å². The summed E-state index contributed by atoms with van der Waals surface area (Å²) in [5.74, 6) is 0. The normalized spacial score (nSPS) is 15.7. The number of rotatable bonds is 2. The van der Waals surface area contributed by atoms with E-state index in [1.54, 1.807) is 0 Å². The van der Waals surface area contributed by atoms with Crippen LogP contribution in [0.15, 0.2) is 60.7 Å². The van der Waals surface area contributed by atoms with Gasteiger partial charge in [-0.25, -0.2) is 0 Å². The molecule has 2 fully saturated rings. The predicted octanol–water partition coefficient (Wildman–Crippen LogP) is 0.420. The fraction of sp³-hybridized carbons (Fsp3) is 0.400. The van der Waals surface area contributed by atoms with Gasteiger partial charge < -0.3 is 9.47 Å². The van der Waals surface area contributed by atoms with E-state index in [0.29, 0.717) is 0 Å². The molecule has 26 heavy (non-hydrogen) atoms.